The van der Waals surface area contributed by atoms with Crippen molar-refractivity contribution >= 4 is 52.1 Å². The van der Waals surface area contributed by atoms with Crippen molar-refractivity contribution in [2.45, 2.75) is 6.92 Å². The highest BCUT2D eigenvalue weighted by molar-refractivity contribution is 6.55. The summed E-state index contributed by atoms with van der Waals surface area (Å²) in [6.45, 7) is 6.46. The van der Waals surface area contributed by atoms with Gasteiger partial charge in [0.25, 0.3) is 0 Å². The molecule has 0 unspecified atom stereocenters. The van der Waals surface area contributed by atoms with Gasteiger partial charge in [-0.15, -0.1) is 0 Å². The maximum absolute atomic E-state index is 6.26. The van der Waals surface area contributed by atoms with Crippen molar-refractivity contribution in [3.05, 3.63) is 74.7 Å². The van der Waals surface area contributed by atoms with E-state index in [-0.39, 0.29) is 24.3 Å². The van der Waals surface area contributed by atoms with Gasteiger partial charge in [-0.05, 0) is 48.4 Å². The molecule has 31 heavy (non-hydrogen) atoms. The topological polar surface area (TPSA) is 49.3 Å². The van der Waals surface area contributed by atoms with Gasteiger partial charge in [0, 0.05) is 12.1 Å². The molecule has 166 valence electrons. The number of nitrogens with zero attached hydrogens (tertiary/aromatic N) is 1. The molecule has 0 spiro atoms. The van der Waals surface area contributed by atoms with E-state index in [1.807, 2.05) is 31.2 Å². The fourth-order valence-electron chi connectivity index (χ4n) is 2.34. The minimum absolute atomic E-state index is 0.115. The van der Waals surface area contributed by atoms with Crippen molar-refractivity contribution in [3.63, 3.8) is 0 Å². The first kappa shape index (κ1) is 25.2. The first-order chi connectivity index (χ1) is 14.8. The molecule has 0 aliphatic heterocycles. The highest BCUT2D eigenvalue weighted by atomic mass is 35.5. The molecule has 0 heterocycles. The molecule has 0 saturated heterocycles. The molecular weight excluding hydrogens is 484 g/mol. The van der Waals surface area contributed by atoms with Crippen molar-refractivity contribution < 1.29 is 19.0 Å². The Balaban J connectivity index is 1.87. The molecule has 2 aromatic carbocycles. The molecular formula is C22H21Cl4NO4. The molecule has 0 aliphatic carbocycles. The Morgan fingerprint density at radius 3 is 2.16 bits per heavy atom. The number of rotatable bonds is 11. The fraction of sp³-hybridized carbons (Fsp3) is 0.227. The molecule has 0 amide bonds. The minimum atomic E-state index is 0.115. The van der Waals surface area contributed by atoms with Crippen molar-refractivity contribution in [2.24, 2.45) is 5.16 Å². The van der Waals surface area contributed by atoms with Crippen LogP contribution in [0.25, 0.3) is 0 Å². The number of oxime groups is 1. The standard InChI is InChI=1S/C22H21Cl4NO4/c1-14(12-30-17-6-4-16(5-7-17)15(2)27-28-3)13-31-22-19(23)10-18(11-20(22)24)29-9-8-21(25)26/h4-8,10-11H,1,9,12-13H2,2-3H3/b27-15+. The molecule has 5 nitrogen and oxygen atoms in total. The second-order valence-electron chi connectivity index (χ2n) is 6.23. The fourth-order valence-corrected chi connectivity index (χ4v) is 3.04. The van der Waals surface area contributed by atoms with Gasteiger partial charge >= 0.3 is 0 Å². The van der Waals surface area contributed by atoms with Crippen LogP contribution in [0.5, 0.6) is 17.2 Å². The van der Waals surface area contributed by atoms with Crippen LogP contribution in [0, 0.1) is 0 Å². The summed E-state index contributed by atoms with van der Waals surface area (Å²) >= 11 is 23.6. The smallest absolute Gasteiger partial charge is 0.157 e. The van der Waals surface area contributed by atoms with E-state index in [1.54, 1.807) is 12.1 Å². The predicted molar refractivity (Wildman–Crippen MR) is 128 cm³/mol. The molecule has 0 aliphatic rings. The Hall–Kier alpha value is -2.05. The third-order valence-corrected chi connectivity index (χ3v) is 4.69. The molecule has 0 bridgehead atoms. The molecule has 2 aromatic rings. The van der Waals surface area contributed by atoms with Gasteiger partial charge in [0.1, 0.15) is 42.9 Å². The summed E-state index contributed by atoms with van der Waals surface area (Å²) in [6.07, 6.45) is 1.50. The van der Waals surface area contributed by atoms with Gasteiger partial charge in [-0.2, -0.15) is 0 Å². The van der Waals surface area contributed by atoms with Gasteiger partial charge in [0.05, 0.1) is 15.8 Å². The summed E-state index contributed by atoms with van der Waals surface area (Å²) in [7, 11) is 1.51. The number of ether oxygens (including phenoxy) is 3. The SMILES string of the molecule is C=C(COc1ccc(/C(C)=N/OC)cc1)COc1c(Cl)cc(OCC=C(Cl)Cl)cc1Cl. The highest BCUT2D eigenvalue weighted by Crippen LogP contribution is 2.37. The molecule has 0 N–H and O–H groups in total. The number of hydrogen-bond acceptors (Lipinski definition) is 5. The number of hydrogen-bond donors (Lipinski definition) is 0. The highest BCUT2D eigenvalue weighted by Gasteiger charge is 2.11. The van der Waals surface area contributed by atoms with Gasteiger partial charge in [-0.1, -0.05) is 58.1 Å². The van der Waals surface area contributed by atoms with Crippen LogP contribution in [0.1, 0.15) is 12.5 Å². The average Bonchev–Trinajstić information content (AvgIpc) is 2.72. The number of benzene rings is 2. The van der Waals surface area contributed by atoms with Gasteiger partial charge in [-0.3, -0.25) is 0 Å². The molecule has 9 heteroatoms. The van der Waals surface area contributed by atoms with Crippen molar-refractivity contribution in [1.29, 1.82) is 0 Å². The van der Waals surface area contributed by atoms with Crippen molar-refractivity contribution in [1.82, 2.24) is 0 Å². The first-order valence-electron chi connectivity index (χ1n) is 9.03. The second kappa shape index (κ2) is 12.7. The molecule has 0 saturated carbocycles. The van der Waals surface area contributed by atoms with E-state index in [0.29, 0.717) is 32.9 Å². The monoisotopic (exact) mass is 503 g/mol. The normalized spacial score (nSPS) is 11.0. The van der Waals surface area contributed by atoms with E-state index in [4.69, 9.17) is 65.5 Å². The van der Waals surface area contributed by atoms with Crippen molar-refractivity contribution in [2.75, 3.05) is 26.9 Å². The van der Waals surface area contributed by atoms with E-state index in [0.717, 1.165) is 11.3 Å². The van der Waals surface area contributed by atoms with Gasteiger partial charge in [0.15, 0.2) is 5.75 Å². The summed E-state index contributed by atoms with van der Waals surface area (Å²) in [5.74, 6) is 1.49. The van der Waals surface area contributed by atoms with Gasteiger partial charge in [-0.25, -0.2) is 0 Å². The van der Waals surface area contributed by atoms with Gasteiger partial charge < -0.3 is 19.0 Å². The van der Waals surface area contributed by atoms with Crippen LogP contribution < -0.4 is 14.2 Å². The van der Waals surface area contributed by atoms with Crippen molar-refractivity contribution in [3.8, 4) is 17.2 Å². The zero-order valence-corrected chi connectivity index (χ0v) is 20.0. The van der Waals surface area contributed by atoms with E-state index in [9.17, 15) is 0 Å². The molecule has 0 radical (unpaired) electrons. The summed E-state index contributed by atoms with van der Waals surface area (Å²) in [6, 6.07) is 10.7. The molecule has 2 rings (SSSR count). The second-order valence-corrected chi connectivity index (χ2v) is 8.05. The van der Waals surface area contributed by atoms with Crippen LogP contribution in [0.4, 0.5) is 0 Å². The lowest BCUT2D eigenvalue weighted by atomic mass is 10.1. The van der Waals surface area contributed by atoms with Crippen LogP contribution in [-0.4, -0.2) is 32.6 Å². The maximum atomic E-state index is 6.26. The molecule has 0 fully saturated rings. The van der Waals surface area contributed by atoms with E-state index >= 15 is 0 Å². The summed E-state index contributed by atoms with van der Waals surface area (Å²) in [4.78, 5) is 4.77. The Morgan fingerprint density at radius 2 is 1.58 bits per heavy atom. The van der Waals surface area contributed by atoms with E-state index in [2.05, 4.69) is 11.7 Å². The predicted octanol–water partition coefficient (Wildman–Crippen LogP) is 7.08. The molecule has 0 atom stereocenters. The summed E-state index contributed by atoms with van der Waals surface area (Å²) in [5, 5.41) is 4.51. The zero-order valence-electron chi connectivity index (χ0n) is 17.0. The lowest BCUT2D eigenvalue weighted by molar-refractivity contribution is 0.213. The summed E-state index contributed by atoms with van der Waals surface area (Å²) < 4.78 is 17.0. The first-order valence-corrected chi connectivity index (χ1v) is 10.5. The average molecular weight is 505 g/mol. The van der Waals surface area contributed by atoms with Gasteiger partial charge in [0.2, 0.25) is 0 Å². The third kappa shape index (κ3) is 8.54. The Kier molecular flexibility index (Phi) is 10.3. The number of halogens is 4. The van der Waals surface area contributed by atoms with E-state index in [1.165, 1.54) is 13.2 Å². The van der Waals surface area contributed by atoms with Crippen LogP contribution in [-0.2, 0) is 4.84 Å². The van der Waals surface area contributed by atoms with Crippen LogP contribution in [0.3, 0.4) is 0 Å². The van der Waals surface area contributed by atoms with Crippen LogP contribution >= 0.6 is 46.4 Å². The summed E-state index contributed by atoms with van der Waals surface area (Å²) in [5.41, 5.74) is 2.42. The minimum Gasteiger partial charge on any atom is -0.489 e. The lowest BCUT2D eigenvalue weighted by Gasteiger charge is -2.14. The Bertz CT molecular complexity index is 931. The van der Waals surface area contributed by atoms with Crippen LogP contribution in [0.2, 0.25) is 10.0 Å². The largest absolute Gasteiger partial charge is 0.489 e. The van der Waals surface area contributed by atoms with E-state index < -0.39 is 0 Å². The Labute approximate surface area is 201 Å². The Morgan fingerprint density at radius 1 is 0.968 bits per heavy atom. The maximum Gasteiger partial charge on any atom is 0.157 e. The van der Waals surface area contributed by atoms with Crippen LogP contribution in [0.15, 0.2) is 64.3 Å². The molecule has 0 aromatic heterocycles. The lowest BCUT2D eigenvalue weighted by Crippen LogP contribution is -2.09. The third-order valence-electron chi connectivity index (χ3n) is 3.82. The zero-order chi connectivity index (χ0) is 22.8. The quantitative estimate of drug-likeness (QED) is 0.186.